The van der Waals surface area contributed by atoms with Gasteiger partial charge in [0.1, 0.15) is 13.2 Å². The fourth-order valence-electron chi connectivity index (χ4n) is 5.49. The van der Waals surface area contributed by atoms with Crippen molar-refractivity contribution in [3.8, 4) is 0 Å². The number of benzene rings is 3. The van der Waals surface area contributed by atoms with E-state index in [1.807, 2.05) is 30.3 Å². The van der Waals surface area contributed by atoms with Crippen LogP contribution in [0.1, 0.15) is 22.6 Å². The zero-order valence-electron chi connectivity index (χ0n) is 31.0. The van der Waals surface area contributed by atoms with Gasteiger partial charge in [0.2, 0.25) is 11.8 Å². The fourth-order valence-corrected chi connectivity index (χ4v) is 7.52. The number of nitrogens with zero attached hydrogens (tertiary/aromatic N) is 1. The third-order valence-corrected chi connectivity index (χ3v) is 10.7. The third-order valence-electron chi connectivity index (χ3n) is 8.10. The lowest BCUT2D eigenvalue weighted by atomic mass is 9.85. The van der Waals surface area contributed by atoms with Crippen molar-refractivity contribution in [1.29, 1.82) is 0 Å². The molecule has 0 spiro atoms. The van der Waals surface area contributed by atoms with Crippen LogP contribution in [0.4, 0.5) is 0 Å². The minimum atomic E-state index is -1.27. The molecule has 0 aromatic heterocycles. The van der Waals surface area contributed by atoms with Crippen LogP contribution < -0.4 is 20.1 Å². The average Bonchev–Trinajstić information content (AvgIpc) is 3.18. The lowest BCUT2D eigenvalue weighted by Crippen LogP contribution is -2.34. The predicted octanol–water partition coefficient (Wildman–Crippen LogP) is 3.80. The standard InChI is InChI=1S/C38H51Cl2N5O8S2/c1-45-25-34(33-23-30(39)24-36(40)35(33)26-45)29-7-9-31(10-8-29)54-43-13-17-51-21-19-49-15-11-41-37(46)27-53-28-38(47)42-12-16-50-20-22-52-18-14-44-55(48)32-5-3-2-4-6-32/h2-10,23-24,34,43-44H,11-22,25-28H2,1H3,(H,41,46)(H,42,47). The first-order valence-electron chi connectivity index (χ1n) is 18.1. The summed E-state index contributed by atoms with van der Waals surface area (Å²) in [5.41, 5.74) is 3.57. The summed E-state index contributed by atoms with van der Waals surface area (Å²) in [5, 5.41) is 6.72. The van der Waals surface area contributed by atoms with Gasteiger partial charge in [-0.25, -0.2) is 0 Å². The highest BCUT2D eigenvalue weighted by atomic mass is 35.5. The van der Waals surface area contributed by atoms with Gasteiger partial charge in [-0.05, 0) is 72.1 Å². The predicted molar refractivity (Wildman–Crippen MR) is 216 cm³/mol. The van der Waals surface area contributed by atoms with E-state index in [9.17, 15) is 14.1 Å². The summed E-state index contributed by atoms with van der Waals surface area (Å²) < 4.78 is 45.4. The second-order valence-electron chi connectivity index (χ2n) is 12.4. The molecule has 2 atom stereocenters. The van der Waals surface area contributed by atoms with Crippen LogP contribution >= 0.6 is 35.1 Å². The Bertz CT molecular complexity index is 1570. The molecule has 0 aliphatic carbocycles. The lowest BCUT2D eigenvalue weighted by Gasteiger charge is -2.33. The van der Waals surface area contributed by atoms with Crippen molar-refractivity contribution < 1.29 is 37.8 Å². The van der Waals surface area contributed by atoms with E-state index in [1.165, 1.54) is 11.1 Å². The maximum absolute atomic E-state index is 12.0. The second kappa shape index (κ2) is 26.4. The number of amides is 2. The highest BCUT2D eigenvalue weighted by molar-refractivity contribution is 7.97. The molecule has 0 saturated carbocycles. The SMILES string of the molecule is CN1Cc2c(Cl)cc(Cl)cc2C(c2ccc(SNCCOCCOCCNC(=O)COCC(=O)NCCOCCOCCN[S+]([O-])c3ccccc3)cc2)C1. The molecule has 1 aliphatic heterocycles. The number of hydrogen-bond donors (Lipinski definition) is 4. The monoisotopic (exact) mass is 839 g/mol. The van der Waals surface area contributed by atoms with E-state index < -0.39 is 11.4 Å². The number of carbonyl (C=O) groups excluding carboxylic acids is 2. The number of rotatable bonds is 27. The Morgan fingerprint density at radius 3 is 1.98 bits per heavy atom. The largest absolute Gasteiger partial charge is 0.593 e. The minimum Gasteiger partial charge on any atom is -0.593 e. The van der Waals surface area contributed by atoms with Gasteiger partial charge in [-0.15, -0.1) is 4.72 Å². The first kappa shape index (κ1) is 45.2. The number of carbonyl (C=O) groups is 2. The van der Waals surface area contributed by atoms with Crippen LogP contribution in [-0.4, -0.2) is 127 Å². The van der Waals surface area contributed by atoms with Gasteiger partial charge >= 0.3 is 0 Å². The summed E-state index contributed by atoms with van der Waals surface area (Å²) in [6.07, 6.45) is 0. The minimum absolute atomic E-state index is 0.209. The number of ether oxygens (including phenoxy) is 5. The number of hydrogen-bond acceptors (Lipinski definition) is 12. The van der Waals surface area contributed by atoms with Gasteiger partial charge < -0.3 is 43.8 Å². The van der Waals surface area contributed by atoms with Gasteiger partial charge in [0.15, 0.2) is 4.90 Å². The molecule has 3 aromatic carbocycles. The molecule has 0 saturated heterocycles. The Morgan fingerprint density at radius 1 is 0.782 bits per heavy atom. The molecule has 1 aliphatic rings. The van der Waals surface area contributed by atoms with Gasteiger partial charge in [-0.3, -0.25) is 14.3 Å². The van der Waals surface area contributed by atoms with Crippen molar-refractivity contribution in [2.75, 3.05) is 106 Å². The first-order valence-corrected chi connectivity index (χ1v) is 20.8. The molecule has 55 heavy (non-hydrogen) atoms. The van der Waals surface area contributed by atoms with Crippen molar-refractivity contribution in [3.05, 3.63) is 93.5 Å². The highest BCUT2D eigenvalue weighted by Gasteiger charge is 2.27. The van der Waals surface area contributed by atoms with Crippen molar-refractivity contribution >= 4 is 58.3 Å². The van der Waals surface area contributed by atoms with Gasteiger partial charge in [0.25, 0.3) is 0 Å². The molecule has 2 amide bonds. The van der Waals surface area contributed by atoms with Gasteiger partial charge in [-0.2, -0.15) is 0 Å². The molecule has 13 nitrogen and oxygen atoms in total. The van der Waals surface area contributed by atoms with E-state index in [2.05, 4.69) is 56.3 Å². The second-order valence-corrected chi connectivity index (χ2v) is 15.5. The van der Waals surface area contributed by atoms with Gasteiger partial charge in [0, 0.05) is 53.6 Å². The van der Waals surface area contributed by atoms with E-state index in [-0.39, 0.29) is 30.9 Å². The van der Waals surface area contributed by atoms with E-state index in [0.717, 1.165) is 28.6 Å². The molecule has 3 aromatic rings. The van der Waals surface area contributed by atoms with Crippen LogP contribution in [0.2, 0.25) is 10.0 Å². The molecule has 0 radical (unpaired) electrons. The maximum Gasteiger partial charge on any atom is 0.246 e. The van der Waals surface area contributed by atoms with E-state index in [4.69, 9.17) is 46.9 Å². The van der Waals surface area contributed by atoms with Crippen LogP contribution in [0.5, 0.6) is 0 Å². The molecule has 17 heteroatoms. The van der Waals surface area contributed by atoms with Gasteiger partial charge in [0.05, 0.1) is 70.8 Å². The van der Waals surface area contributed by atoms with Crippen molar-refractivity contribution in [2.24, 2.45) is 0 Å². The number of halogens is 2. The van der Waals surface area contributed by atoms with E-state index in [0.29, 0.717) is 89.0 Å². The van der Waals surface area contributed by atoms with Crippen LogP contribution in [0.15, 0.2) is 76.5 Å². The highest BCUT2D eigenvalue weighted by Crippen LogP contribution is 2.38. The number of nitrogens with one attached hydrogen (secondary N) is 4. The van der Waals surface area contributed by atoms with Crippen LogP contribution in [0, 0.1) is 0 Å². The van der Waals surface area contributed by atoms with Crippen molar-refractivity contribution in [1.82, 2.24) is 25.0 Å². The molecule has 4 N–H and O–H groups in total. The molecular weight excluding hydrogens is 789 g/mol. The molecular formula is C38H51Cl2N5O8S2. The van der Waals surface area contributed by atoms with E-state index in [1.54, 1.807) is 24.1 Å². The summed E-state index contributed by atoms with van der Waals surface area (Å²) in [5.74, 6) is -0.470. The fraction of sp³-hybridized carbons (Fsp3) is 0.474. The number of fused-ring (bicyclic) bond motifs is 1. The molecule has 302 valence electrons. The average molecular weight is 841 g/mol. The molecule has 4 rings (SSSR count). The Balaban J connectivity index is 0.893. The molecule has 0 bridgehead atoms. The molecule has 1 heterocycles. The topological polar surface area (TPSA) is 155 Å². The third kappa shape index (κ3) is 17.7. The van der Waals surface area contributed by atoms with Crippen molar-refractivity contribution in [2.45, 2.75) is 22.3 Å². The van der Waals surface area contributed by atoms with Crippen molar-refractivity contribution in [3.63, 3.8) is 0 Å². The maximum atomic E-state index is 12.0. The lowest BCUT2D eigenvalue weighted by molar-refractivity contribution is -0.131. The normalized spacial score (nSPS) is 14.7. The Morgan fingerprint density at radius 2 is 1.36 bits per heavy atom. The zero-order chi connectivity index (χ0) is 39.1. The summed E-state index contributed by atoms with van der Waals surface area (Å²) in [7, 11) is 2.11. The number of likely N-dealkylation sites (N-methyl/N-ethyl adjacent to an activating group) is 1. The summed E-state index contributed by atoms with van der Waals surface area (Å²) >= 11 is 13.1. The Hall–Kier alpha value is -2.48. The Kier molecular flexibility index (Phi) is 21.7. The molecule has 0 fully saturated rings. The van der Waals surface area contributed by atoms with Gasteiger partial charge in [-0.1, -0.05) is 53.5 Å². The summed E-state index contributed by atoms with van der Waals surface area (Å²) in [6, 6.07) is 21.5. The van der Waals surface area contributed by atoms with Crippen LogP contribution in [0.3, 0.4) is 0 Å². The zero-order valence-corrected chi connectivity index (χ0v) is 34.2. The summed E-state index contributed by atoms with van der Waals surface area (Å²) in [6.45, 7) is 6.15. The quantitative estimate of drug-likeness (QED) is 0.0502. The molecule has 2 unspecified atom stereocenters. The summed E-state index contributed by atoms with van der Waals surface area (Å²) in [4.78, 5) is 27.9. The first-order chi connectivity index (χ1) is 26.8. The van der Waals surface area contributed by atoms with Crippen LogP contribution in [0.25, 0.3) is 0 Å². The Labute approximate surface area is 341 Å². The van der Waals surface area contributed by atoms with E-state index >= 15 is 0 Å². The van der Waals surface area contributed by atoms with Crippen LogP contribution in [-0.2, 0) is 51.2 Å². The smallest absolute Gasteiger partial charge is 0.246 e.